The van der Waals surface area contributed by atoms with Crippen LogP contribution in [-0.4, -0.2) is 69.8 Å². The van der Waals surface area contributed by atoms with Gasteiger partial charge in [0.05, 0.1) is 0 Å². The van der Waals surface area contributed by atoms with Crippen molar-refractivity contribution in [1.29, 1.82) is 0 Å². The number of carbonyl (C=O) groups is 2. The number of carbonyl (C=O) groups excluding carboxylic acids is 1. The number of hydrogen-bond donors (Lipinski definition) is 1. The quantitative estimate of drug-likeness (QED) is 0.864. The number of rotatable bonds is 3. The molecule has 1 fully saturated rings. The van der Waals surface area contributed by atoms with Crippen LogP contribution in [0, 0.1) is 0 Å². The predicted octanol–water partition coefficient (Wildman–Crippen LogP) is 1.88. The molecule has 1 aliphatic rings. The van der Waals surface area contributed by atoms with Gasteiger partial charge in [-0.3, -0.25) is 4.79 Å². The molecular formula is C11H17F3N2O3S. The van der Waals surface area contributed by atoms with Crippen molar-refractivity contribution in [1.82, 2.24) is 9.80 Å². The van der Waals surface area contributed by atoms with Gasteiger partial charge in [0.1, 0.15) is 13.1 Å². The van der Waals surface area contributed by atoms with Gasteiger partial charge in [-0.2, -0.15) is 24.9 Å². The number of hydrogen-bond acceptors (Lipinski definition) is 3. The Morgan fingerprint density at radius 1 is 1.40 bits per heavy atom. The predicted molar refractivity (Wildman–Crippen MR) is 68.7 cm³/mol. The van der Waals surface area contributed by atoms with Gasteiger partial charge >= 0.3 is 18.2 Å². The van der Waals surface area contributed by atoms with Gasteiger partial charge in [-0.1, -0.05) is 6.92 Å². The van der Waals surface area contributed by atoms with E-state index >= 15 is 0 Å². The molecule has 1 rings (SSSR count). The van der Waals surface area contributed by atoms with E-state index in [2.05, 4.69) is 0 Å². The van der Waals surface area contributed by atoms with Crippen LogP contribution < -0.4 is 0 Å². The van der Waals surface area contributed by atoms with E-state index in [1.54, 1.807) is 18.7 Å². The second kappa shape index (κ2) is 6.55. The maximum Gasteiger partial charge on any atom is 0.406 e. The molecule has 1 saturated heterocycles. The van der Waals surface area contributed by atoms with Crippen molar-refractivity contribution in [3.05, 3.63) is 0 Å². The number of amides is 2. The highest BCUT2D eigenvalue weighted by Gasteiger charge is 2.38. The lowest BCUT2D eigenvalue weighted by atomic mass is 10.2. The van der Waals surface area contributed by atoms with E-state index in [1.165, 1.54) is 4.90 Å². The number of thioether (sulfide) groups is 1. The van der Waals surface area contributed by atoms with E-state index in [-0.39, 0.29) is 11.3 Å². The molecule has 116 valence electrons. The van der Waals surface area contributed by atoms with Gasteiger partial charge in [0, 0.05) is 23.6 Å². The van der Waals surface area contributed by atoms with Crippen LogP contribution in [0.4, 0.5) is 18.0 Å². The highest BCUT2D eigenvalue weighted by atomic mass is 32.2. The number of aliphatic carboxylic acids is 1. The standard InChI is InChI=1S/C11H17F3N2O3S/c1-7-8(2)20-4-3-16(7)10(19)15(5-9(17)18)6-11(12,13)14/h7-8H,3-6H2,1-2H3,(H,17,18). The van der Waals surface area contributed by atoms with E-state index in [9.17, 15) is 22.8 Å². The lowest BCUT2D eigenvalue weighted by molar-refractivity contribution is -0.150. The number of nitrogens with zero attached hydrogens (tertiary/aromatic N) is 2. The largest absolute Gasteiger partial charge is 0.480 e. The van der Waals surface area contributed by atoms with E-state index < -0.39 is 31.3 Å². The molecule has 0 aromatic carbocycles. The third-order valence-electron chi connectivity index (χ3n) is 3.10. The number of carboxylic acid groups (broad SMARTS) is 1. The molecule has 0 aliphatic carbocycles. The Hall–Kier alpha value is -1.12. The summed E-state index contributed by atoms with van der Waals surface area (Å²) in [6.07, 6.45) is -4.62. The first-order chi connectivity index (χ1) is 9.11. The van der Waals surface area contributed by atoms with Crippen molar-refractivity contribution < 1.29 is 27.9 Å². The molecule has 2 atom stereocenters. The minimum absolute atomic E-state index is 0.102. The monoisotopic (exact) mass is 314 g/mol. The summed E-state index contributed by atoms with van der Waals surface area (Å²) in [4.78, 5) is 24.4. The Labute approximate surface area is 119 Å². The SMILES string of the molecule is CC1SCCN(C(=O)N(CC(=O)O)CC(F)(F)F)C1C. The second-order valence-electron chi connectivity index (χ2n) is 4.66. The van der Waals surface area contributed by atoms with Crippen LogP contribution in [0.2, 0.25) is 0 Å². The van der Waals surface area contributed by atoms with Gasteiger partial charge in [-0.05, 0) is 6.92 Å². The van der Waals surface area contributed by atoms with Crippen LogP contribution in [-0.2, 0) is 4.79 Å². The molecule has 0 spiro atoms. The van der Waals surface area contributed by atoms with Gasteiger partial charge in [0.15, 0.2) is 0 Å². The fourth-order valence-electron chi connectivity index (χ4n) is 1.96. The summed E-state index contributed by atoms with van der Waals surface area (Å²) < 4.78 is 37.3. The van der Waals surface area contributed by atoms with Gasteiger partial charge < -0.3 is 14.9 Å². The highest BCUT2D eigenvalue weighted by molar-refractivity contribution is 8.00. The third kappa shape index (κ3) is 4.77. The zero-order chi connectivity index (χ0) is 15.5. The first kappa shape index (κ1) is 16.9. The van der Waals surface area contributed by atoms with Crippen molar-refractivity contribution in [3.63, 3.8) is 0 Å². The Morgan fingerprint density at radius 3 is 2.50 bits per heavy atom. The zero-order valence-electron chi connectivity index (χ0n) is 11.2. The van der Waals surface area contributed by atoms with Crippen LogP contribution in [0.25, 0.3) is 0 Å². The minimum Gasteiger partial charge on any atom is -0.480 e. The molecule has 0 aromatic heterocycles. The molecule has 0 saturated carbocycles. The van der Waals surface area contributed by atoms with Crippen molar-refractivity contribution in [2.24, 2.45) is 0 Å². The van der Waals surface area contributed by atoms with Crippen molar-refractivity contribution in [2.45, 2.75) is 31.3 Å². The van der Waals surface area contributed by atoms with Gasteiger partial charge in [-0.25, -0.2) is 4.79 Å². The maximum absolute atomic E-state index is 12.4. The Kier molecular flexibility index (Phi) is 5.55. The Bertz CT molecular complexity index is 378. The molecule has 9 heteroatoms. The topological polar surface area (TPSA) is 60.9 Å². The van der Waals surface area contributed by atoms with Gasteiger partial charge in [0.2, 0.25) is 0 Å². The molecule has 0 aromatic rings. The molecule has 2 amide bonds. The van der Waals surface area contributed by atoms with Gasteiger partial charge in [-0.15, -0.1) is 0 Å². The van der Waals surface area contributed by atoms with Crippen LogP contribution in [0.15, 0.2) is 0 Å². The van der Waals surface area contributed by atoms with Crippen LogP contribution in [0.1, 0.15) is 13.8 Å². The summed E-state index contributed by atoms with van der Waals surface area (Å²) >= 11 is 1.64. The summed E-state index contributed by atoms with van der Waals surface area (Å²) in [6.45, 7) is 1.45. The smallest absolute Gasteiger partial charge is 0.406 e. The summed E-state index contributed by atoms with van der Waals surface area (Å²) in [5.74, 6) is -0.834. The molecule has 2 unspecified atom stereocenters. The number of alkyl halides is 3. The fraction of sp³-hybridized carbons (Fsp3) is 0.818. The lowest BCUT2D eigenvalue weighted by Crippen LogP contribution is -2.55. The van der Waals surface area contributed by atoms with Crippen LogP contribution in [0.5, 0.6) is 0 Å². The average molecular weight is 314 g/mol. The Morgan fingerprint density at radius 2 is 2.00 bits per heavy atom. The van der Waals surface area contributed by atoms with Crippen LogP contribution >= 0.6 is 11.8 Å². The van der Waals surface area contributed by atoms with Crippen LogP contribution in [0.3, 0.4) is 0 Å². The number of carboxylic acids is 1. The van der Waals surface area contributed by atoms with Gasteiger partial charge in [0.25, 0.3) is 0 Å². The van der Waals surface area contributed by atoms with E-state index in [0.717, 1.165) is 0 Å². The normalized spacial score (nSPS) is 23.6. The molecule has 0 radical (unpaired) electrons. The number of halogens is 3. The second-order valence-corrected chi connectivity index (χ2v) is 6.14. The number of urea groups is 1. The van der Waals surface area contributed by atoms with E-state index in [1.807, 2.05) is 6.92 Å². The highest BCUT2D eigenvalue weighted by Crippen LogP contribution is 2.26. The molecule has 20 heavy (non-hydrogen) atoms. The molecule has 0 bridgehead atoms. The summed E-state index contributed by atoms with van der Waals surface area (Å²) in [5.41, 5.74) is 0. The van der Waals surface area contributed by atoms with Crippen molar-refractivity contribution in [3.8, 4) is 0 Å². The molecule has 1 heterocycles. The summed E-state index contributed by atoms with van der Waals surface area (Å²) in [5, 5.41) is 8.76. The third-order valence-corrected chi connectivity index (χ3v) is 4.43. The molecule has 1 N–H and O–H groups in total. The van der Waals surface area contributed by atoms with E-state index in [4.69, 9.17) is 5.11 Å². The first-order valence-corrected chi connectivity index (χ1v) is 7.12. The minimum atomic E-state index is -4.62. The van der Waals surface area contributed by atoms with Crippen molar-refractivity contribution in [2.75, 3.05) is 25.4 Å². The first-order valence-electron chi connectivity index (χ1n) is 6.07. The zero-order valence-corrected chi connectivity index (χ0v) is 12.0. The van der Waals surface area contributed by atoms with E-state index in [0.29, 0.717) is 17.2 Å². The fourth-order valence-corrected chi connectivity index (χ4v) is 3.05. The maximum atomic E-state index is 12.4. The summed E-state index contributed by atoms with van der Waals surface area (Å²) in [7, 11) is 0. The molecule has 5 nitrogen and oxygen atoms in total. The molecule has 1 aliphatic heterocycles. The Balaban J connectivity index is 2.83. The lowest BCUT2D eigenvalue weighted by Gasteiger charge is -2.40. The summed E-state index contributed by atoms with van der Waals surface area (Å²) in [6, 6.07) is -1.10. The average Bonchev–Trinajstić information content (AvgIpc) is 2.28. The van der Waals surface area contributed by atoms with Crippen molar-refractivity contribution >= 4 is 23.8 Å². The molecular weight excluding hydrogens is 297 g/mol.